The van der Waals surface area contributed by atoms with E-state index in [2.05, 4.69) is 0 Å². The van der Waals surface area contributed by atoms with Gasteiger partial charge in [0.2, 0.25) is 0 Å². The zero-order chi connectivity index (χ0) is 10.6. The molecule has 1 atom stereocenters. The zero-order valence-electron chi connectivity index (χ0n) is 7.74. The minimum absolute atomic E-state index is 0.208. The van der Waals surface area contributed by atoms with Crippen LogP contribution in [0.1, 0.15) is 13.3 Å². The lowest BCUT2D eigenvalue weighted by molar-refractivity contribution is -0.174. The maximum atomic E-state index is 13.5. The van der Waals surface area contributed by atoms with Crippen LogP contribution in [0.5, 0.6) is 5.75 Å². The minimum atomic E-state index is -2.64. The summed E-state index contributed by atoms with van der Waals surface area (Å²) in [5.41, 5.74) is 0. The third-order valence-corrected chi connectivity index (χ3v) is 1.80. The van der Waals surface area contributed by atoms with Crippen LogP contribution >= 0.6 is 0 Å². The Balaban J connectivity index is 2.81. The maximum Gasteiger partial charge on any atom is 0.382 e. The van der Waals surface area contributed by atoms with E-state index < -0.39 is 11.8 Å². The molecule has 0 saturated carbocycles. The number of carboxylic acids is 1. The van der Waals surface area contributed by atoms with E-state index in [4.69, 9.17) is 9.84 Å². The highest BCUT2D eigenvalue weighted by Gasteiger charge is 2.39. The number of hydrogen-bond acceptors (Lipinski definition) is 2. The van der Waals surface area contributed by atoms with Gasteiger partial charge in [0.05, 0.1) is 0 Å². The van der Waals surface area contributed by atoms with Crippen LogP contribution in [0, 0.1) is 0 Å². The van der Waals surface area contributed by atoms with Crippen LogP contribution in [-0.4, -0.2) is 16.9 Å². The second-order valence-electron chi connectivity index (χ2n) is 2.80. The molecule has 0 radical (unpaired) electrons. The summed E-state index contributed by atoms with van der Waals surface area (Å²) < 4.78 is 18.3. The number of aliphatic carboxylic acids is 1. The summed E-state index contributed by atoms with van der Waals surface area (Å²) in [7, 11) is 0. The Morgan fingerprint density at radius 1 is 1.50 bits per heavy atom. The molecule has 0 fully saturated rings. The van der Waals surface area contributed by atoms with E-state index in [0.717, 1.165) is 0 Å². The van der Waals surface area contributed by atoms with Crippen molar-refractivity contribution in [3.63, 3.8) is 0 Å². The number of ether oxygens (including phenoxy) is 1. The van der Waals surface area contributed by atoms with Gasteiger partial charge in [-0.2, -0.15) is 4.39 Å². The van der Waals surface area contributed by atoms with Gasteiger partial charge in [-0.1, -0.05) is 25.1 Å². The summed E-state index contributed by atoms with van der Waals surface area (Å²) in [6.07, 6.45) is -0.239. The highest BCUT2D eigenvalue weighted by Crippen LogP contribution is 2.22. The van der Waals surface area contributed by atoms with Crippen LogP contribution in [0.2, 0.25) is 0 Å². The fraction of sp³-hybridized carbons (Fsp3) is 0.300. The molecule has 1 aromatic rings. The Bertz CT molecular complexity index is 312. The van der Waals surface area contributed by atoms with Crippen molar-refractivity contribution >= 4 is 5.97 Å². The lowest BCUT2D eigenvalue weighted by Crippen LogP contribution is -2.39. The van der Waals surface area contributed by atoms with Gasteiger partial charge in [0.15, 0.2) is 0 Å². The molecule has 4 heteroatoms. The maximum absolute atomic E-state index is 13.5. The quantitative estimate of drug-likeness (QED) is 0.806. The topological polar surface area (TPSA) is 46.5 Å². The van der Waals surface area contributed by atoms with E-state index in [9.17, 15) is 9.18 Å². The molecule has 1 aromatic carbocycles. The van der Waals surface area contributed by atoms with Crippen molar-refractivity contribution in [2.45, 2.75) is 19.2 Å². The number of carboxylic acid groups (broad SMARTS) is 1. The van der Waals surface area contributed by atoms with Gasteiger partial charge in [-0.3, -0.25) is 0 Å². The molecule has 1 unspecified atom stereocenters. The number of rotatable bonds is 4. The lowest BCUT2D eigenvalue weighted by Gasteiger charge is -2.20. The molecule has 76 valence electrons. The molecule has 0 aromatic heterocycles. The first-order chi connectivity index (χ1) is 6.58. The van der Waals surface area contributed by atoms with Crippen molar-refractivity contribution < 1.29 is 19.0 Å². The first kappa shape index (κ1) is 10.5. The van der Waals surface area contributed by atoms with Gasteiger partial charge < -0.3 is 9.84 Å². The van der Waals surface area contributed by atoms with Crippen molar-refractivity contribution in [3.8, 4) is 5.75 Å². The fourth-order valence-corrected chi connectivity index (χ4v) is 0.942. The molecular weight excluding hydrogens is 187 g/mol. The average molecular weight is 198 g/mol. The molecule has 1 rings (SSSR count). The predicted octanol–water partition coefficient (Wildman–Crippen LogP) is 2.23. The van der Waals surface area contributed by atoms with Gasteiger partial charge in [-0.05, 0) is 12.1 Å². The minimum Gasteiger partial charge on any atom is -0.476 e. The van der Waals surface area contributed by atoms with Crippen molar-refractivity contribution in [3.05, 3.63) is 30.3 Å². The number of carbonyl (C=O) groups is 1. The SMILES string of the molecule is CCC(F)(Oc1ccccc1)C(=O)O. The smallest absolute Gasteiger partial charge is 0.382 e. The Morgan fingerprint density at radius 2 is 2.07 bits per heavy atom. The summed E-state index contributed by atoms with van der Waals surface area (Å²) >= 11 is 0. The van der Waals surface area contributed by atoms with Crippen LogP contribution in [0.3, 0.4) is 0 Å². The highest BCUT2D eigenvalue weighted by molar-refractivity contribution is 5.75. The van der Waals surface area contributed by atoms with Crippen molar-refractivity contribution in [1.82, 2.24) is 0 Å². The Kier molecular flexibility index (Phi) is 3.06. The molecule has 14 heavy (non-hydrogen) atoms. The molecule has 3 nitrogen and oxygen atoms in total. The van der Waals surface area contributed by atoms with Crippen LogP contribution in [-0.2, 0) is 4.79 Å². The van der Waals surface area contributed by atoms with Gasteiger partial charge in [0, 0.05) is 6.42 Å². The third-order valence-electron chi connectivity index (χ3n) is 1.80. The van der Waals surface area contributed by atoms with Gasteiger partial charge in [-0.25, -0.2) is 4.79 Å². The third kappa shape index (κ3) is 2.22. The molecule has 0 aliphatic carbocycles. The standard InChI is InChI=1S/C10H11FO3/c1-2-10(11,9(12)13)14-8-6-4-3-5-7-8/h3-7H,2H2,1H3,(H,12,13). The molecular formula is C10H11FO3. The van der Waals surface area contributed by atoms with Crippen LogP contribution in [0.15, 0.2) is 30.3 Å². The van der Waals surface area contributed by atoms with Gasteiger partial charge in [0.25, 0.3) is 0 Å². The molecule has 0 amide bonds. The number of alkyl halides is 1. The highest BCUT2D eigenvalue weighted by atomic mass is 19.2. The van der Waals surface area contributed by atoms with Crippen LogP contribution < -0.4 is 4.74 Å². The monoisotopic (exact) mass is 198 g/mol. The van der Waals surface area contributed by atoms with E-state index in [0.29, 0.717) is 0 Å². The molecule has 0 saturated heterocycles. The first-order valence-corrected chi connectivity index (χ1v) is 4.25. The van der Waals surface area contributed by atoms with Gasteiger partial charge in [-0.15, -0.1) is 0 Å². The van der Waals surface area contributed by atoms with Crippen LogP contribution in [0.25, 0.3) is 0 Å². The van der Waals surface area contributed by atoms with Gasteiger partial charge in [0.1, 0.15) is 5.75 Å². The van der Waals surface area contributed by atoms with E-state index in [1.54, 1.807) is 18.2 Å². The first-order valence-electron chi connectivity index (χ1n) is 4.25. The molecule has 1 N–H and O–H groups in total. The summed E-state index contributed by atoms with van der Waals surface area (Å²) in [5.74, 6) is -4.04. The largest absolute Gasteiger partial charge is 0.476 e. The fourth-order valence-electron chi connectivity index (χ4n) is 0.942. The zero-order valence-corrected chi connectivity index (χ0v) is 7.74. The number of hydrogen-bond donors (Lipinski definition) is 1. The van der Waals surface area contributed by atoms with Crippen molar-refractivity contribution in [1.29, 1.82) is 0 Å². The second kappa shape index (κ2) is 4.09. The van der Waals surface area contributed by atoms with E-state index in [1.807, 2.05) is 0 Å². The Morgan fingerprint density at radius 3 is 2.50 bits per heavy atom. The van der Waals surface area contributed by atoms with E-state index >= 15 is 0 Å². The van der Waals surface area contributed by atoms with E-state index in [1.165, 1.54) is 19.1 Å². The summed E-state index contributed by atoms with van der Waals surface area (Å²) in [5, 5.41) is 8.59. The number of halogens is 1. The second-order valence-corrected chi connectivity index (χ2v) is 2.80. The Hall–Kier alpha value is -1.58. The molecule has 0 spiro atoms. The molecule has 0 heterocycles. The van der Waals surface area contributed by atoms with E-state index in [-0.39, 0.29) is 12.2 Å². The van der Waals surface area contributed by atoms with Gasteiger partial charge >= 0.3 is 11.8 Å². The average Bonchev–Trinajstić information content (AvgIpc) is 2.19. The normalized spacial score (nSPS) is 14.4. The van der Waals surface area contributed by atoms with Crippen molar-refractivity contribution in [2.24, 2.45) is 0 Å². The molecule has 0 aliphatic heterocycles. The summed E-state index contributed by atoms with van der Waals surface area (Å²) in [6, 6.07) is 8.04. The molecule has 0 bridgehead atoms. The van der Waals surface area contributed by atoms with Crippen molar-refractivity contribution in [2.75, 3.05) is 0 Å². The predicted molar refractivity (Wildman–Crippen MR) is 48.8 cm³/mol. The lowest BCUT2D eigenvalue weighted by atomic mass is 10.2. The Labute approximate surface area is 81.1 Å². The number of benzene rings is 1. The number of para-hydroxylation sites is 1. The molecule has 0 aliphatic rings. The van der Waals surface area contributed by atoms with Crippen LogP contribution in [0.4, 0.5) is 4.39 Å². The summed E-state index contributed by atoms with van der Waals surface area (Å²) in [4.78, 5) is 10.6. The summed E-state index contributed by atoms with van der Waals surface area (Å²) in [6.45, 7) is 1.41.